The number of hydrogen-bond acceptors (Lipinski definition) is 2. The fourth-order valence-electron chi connectivity index (χ4n) is 1.74. The standard InChI is InChI=1S/C13H29NO/c1-5-9-10-12(6-2)14-11-13(15,7-3)8-4/h12,14-15H,5-11H2,1-4H3. The van der Waals surface area contributed by atoms with Crippen molar-refractivity contribution >= 4 is 0 Å². The van der Waals surface area contributed by atoms with Crippen LogP contribution in [0.25, 0.3) is 0 Å². The van der Waals surface area contributed by atoms with Crippen LogP contribution in [0.4, 0.5) is 0 Å². The van der Waals surface area contributed by atoms with Gasteiger partial charge >= 0.3 is 0 Å². The van der Waals surface area contributed by atoms with E-state index in [0.29, 0.717) is 6.04 Å². The molecule has 0 heterocycles. The summed E-state index contributed by atoms with van der Waals surface area (Å²) in [6.07, 6.45) is 6.59. The van der Waals surface area contributed by atoms with Gasteiger partial charge in [0.15, 0.2) is 0 Å². The Balaban J connectivity index is 3.87. The van der Waals surface area contributed by atoms with E-state index < -0.39 is 5.60 Å². The number of unbranched alkanes of at least 4 members (excludes halogenated alkanes) is 1. The van der Waals surface area contributed by atoms with Crippen LogP contribution in [0.2, 0.25) is 0 Å². The van der Waals surface area contributed by atoms with Crippen LogP contribution >= 0.6 is 0 Å². The molecule has 2 heteroatoms. The third-order valence-corrected chi connectivity index (χ3v) is 3.43. The van der Waals surface area contributed by atoms with Crippen molar-refractivity contribution in [3.8, 4) is 0 Å². The minimum atomic E-state index is -0.500. The van der Waals surface area contributed by atoms with Gasteiger partial charge < -0.3 is 10.4 Å². The number of hydrogen-bond donors (Lipinski definition) is 2. The van der Waals surface area contributed by atoms with Gasteiger partial charge in [-0.3, -0.25) is 0 Å². The number of nitrogens with one attached hydrogen (secondary N) is 1. The lowest BCUT2D eigenvalue weighted by Gasteiger charge is -2.28. The maximum Gasteiger partial charge on any atom is 0.0766 e. The fraction of sp³-hybridized carbons (Fsp3) is 1.00. The van der Waals surface area contributed by atoms with E-state index in [1.54, 1.807) is 0 Å². The lowest BCUT2D eigenvalue weighted by molar-refractivity contribution is 0.0294. The molecule has 0 rings (SSSR count). The van der Waals surface area contributed by atoms with E-state index in [9.17, 15) is 5.11 Å². The maximum atomic E-state index is 10.1. The fourth-order valence-corrected chi connectivity index (χ4v) is 1.74. The SMILES string of the molecule is CCCCC(CC)NCC(O)(CC)CC. The van der Waals surface area contributed by atoms with Crippen LogP contribution in [0.3, 0.4) is 0 Å². The first-order valence-corrected chi connectivity index (χ1v) is 6.57. The van der Waals surface area contributed by atoms with E-state index >= 15 is 0 Å². The normalized spacial score (nSPS) is 14.2. The molecule has 0 saturated carbocycles. The van der Waals surface area contributed by atoms with Gasteiger partial charge in [-0.15, -0.1) is 0 Å². The van der Waals surface area contributed by atoms with Crippen molar-refractivity contribution in [3.05, 3.63) is 0 Å². The van der Waals surface area contributed by atoms with Crippen molar-refractivity contribution < 1.29 is 5.11 Å². The van der Waals surface area contributed by atoms with Crippen molar-refractivity contribution in [2.24, 2.45) is 0 Å². The van der Waals surface area contributed by atoms with Crippen molar-refractivity contribution in [1.82, 2.24) is 5.32 Å². The molecule has 0 aliphatic carbocycles. The van der Waals surface area contributed by atoms with Crippen LogP contribution in [-0.2, 0) is 0 Å². The van der Waals surface area contributed by atoms with Gasteiger partial charge in [-0.05, 0) is 25.7 Å². The van der Waals surface area contributed by atoms with Crippen LogP contribution in [0.15, 0.2) is 0 Å². The second kappa shape index (κ2) is 8.12. The maximum absolute atomic E-state index is 10.1. The molecule has 92 valence electrons. The van der Waals surface area contributed by atoms with E-state index in [1.807, 2.05) is 0 Å². The van der Waals surface area contributed by atoms with Crippen molar-refractivity contribution in [1.29, 1.82) is 0 Å². The summed E-state index contributed by atoms with van der Waals surface area (Å²) in [5.41, 5.74) is -0.500. The Bertz CT molecular complexity index is 143. The predicted octanol–water partition coefficient (Wildman–Crippen LogP) is 3.10. The molecule has 0 aliphatic rings. The third kappa shape index (κ3) is 6.16. The second-order valence-electron chi connectivity index (χ2n) is 4.56. The quantitative estimate of drug-likeness (QED) is 0.619. The topological polar surface area (TPSA) is 32.3 Å². The molecule has 0 aromatic rings. The Labute approximate surface area is 95.5 Å². The Hall–Kier alpha value is -0.0800. The predicted molar refractivity (Wildman–Crippen MR) is 67.1 cm³/mol. The summed E-state index contributed by atoms with van der Waals surface area (Å²) in [6, 6.07) is 0.578. The van der Waals surface area contributed by atoms with E-state index in [1.165, 1.54) is 19.3 Å². The van der Waals surface area contributed by atoms with Gasteiger partial charge in [0.25, 0.3) is 0 Å². The largest absolute Gasteiger partial charge is 0.389 e. The van der Waals surface area contributed by atoms with Gasteiger partial charge in [-0.1, -0.05) is 40.5 Å². The minimum absolute atomic E-state index is 0.500. The van der Waals surface area contributed by atoms with Gasteiger partial charge in [0, 0.05) is 12.6 Å². The summed E-state index contributed by atoms with van der Waals surface area (Å²) in [4.78, 5) is 0. The van der Waals surface area contributed by atoms with Gasteiger partial charge in [-0.2, -0.15) is 0 Å². The third-order valence-electron chi connectivity index (χ3n) is 3.43. The van der Waals surface area contributed by atoms with E-state index in [4.69, 9.17) is 0 Å². The first-order valence-electron chi connectivity index (χ1n) is 6.57. The highest BCUT2D eigenvalue weighted by Crippen LogP contribution is 2.14. The Morgan fingerprint density at radius 3 is 2.13 bits per heavy atom. The lowest BCUT2D eigenvalue weighted by atomic mass is 9.96. The summed E-state index contributed by atoms with van der Waals surface area (Å²) in [5, 5.41) is 13.6. The molecule has 1 atom stereocenters. The molecule has 0 fully saturated rings. The molecule has 0 saturated heterocycles. The molecule has 1 unspecified atom stereocenters. The average Bonchev–Trinajstić information content (AvgIpc) is 2.29. The van der Waals surface area contributed by atoms with Gasteiger partial charge in [0.1, 0.15) is 0 Å². The van der Waals surface area contributed by atoms with Crippen LogP contribution in [0.1, 0.15) is 66.2 Å². The summed E-state index contributed by atoms with van der Waals surface area (Å²) in [5.74, 6) is 0. The molecule has 15 heavy (non-hydrogen) atoms. The lowest BCUT2D eigenvalue weighted by Crippen LogP contribution is -2.43. The summed E-state index contributed by atoms with van der Waals surface area (Å²) in [7, 11) is 0. The Morgan fingerprint density at radius 1 is 1.13 bits per heavy atom. The summed E-state index contributed by atoms with van der Waals surface area (Å²) >= 11 is 0. The zero-order valence-corrected chi connectivity index (χ0v) is 11.0. The first kappa shape index (κ1) is 14.9. The first-order chi connectivity index (χ1) is 7.11. The molecular weight excluding hydrogens is 186 g/mol. The van der Waals surface area contributed by atoms with E-state index in [0.717, 1.165) is 25.8 Å². The molecule has 0 amide bonds. The monoisotopic (exact) mass is 215 g/mol. The molecule has 0 aromatic heterocycles. The molecule has 0 bridgehead atoms. The molecule has 0 spiro atoms. The number of aliphatic hydroxyl groups is 1. The molecule has 2 N–H and O–H groups in total. The average molecular weight is 215 g/mol. The van der Waals surface area contributed by atoms with Crippen LogP contribution in [0, 0.1) is 0 Å². The molecule has 0 aromatic carbocycles. The highest BCUT2D eigenvalue weighted by molar-refractivity contribution is 4.79. The van der Waals surface area contributed by atoms with Crippen molar-refractivity contribution in [2.75, 3.05) is 6.54 Å². The molecule has 0 radical (unpaired) electrons. The van der Waals surface area contributed by atoms with Crippen LogP contribution in [-0.4, -0.2) is 23.3 Å². The van der Waals surface area contributed by atoms with E-state index in [-0.39, 0.29) is 0 Å². The van der Waals surface area contributed by atoms with Gasteiger partial charge in [-0.25, -0.2) is 0 Å². The molecule has 2 nitrogen and oxygen atoms in total. The molecule has 0 aliphatic heterocycles. The summed E-state index contributed by atoms with van der Waals surface area (Å²) in [6.45, 7) is 9.28. The zero-order valence-electron chi connectivity index (χ0n) is 11.0. The Kier molecular flexibility index (Phi) is 8.07. The highest BCUT2D eigenvalue weighted by Gasteiger charge is 2.22. The van der Waals surface area contributed by atoms with Crippen LogP contribution in [0.5, 0.6) is 0 Å². The number of rotatable bonds is 9. The zero-order chi connectivity index (χ0) is 11.7. The van der Waals surface area contributed by atoms with Gasteiger partial charge in [0.2, 0.25) is 0 Å². The van der Waals surface area contributed by atoms with Crippen molar-refractivity contribution in [2.45, 2.75) is 77.9 Å². The highest BCUT2D eigenvalue weighted by atomic mass is 16.3. The second-order valence-corrected chi connectivity index (χ2v) is 4.56. The van der Waals surface area contributed by atoms with Gasteiger partial charge in [0.05, 0.1) is 5.60 Å². The van der Waals surface area contributed by atoms with Crippen LogP contribution < -0.4 is 5.32 Å². The minimum Gasteiger partial charge on any atom is -0.389 e. The summed E-state index contributed by atoms with van der Waals surface area (Å²) < 4.78 is 0. The molecular formula is C13H29NO. The van der Waals surface area contributed by atoms with E-state index in [2.05, 4.69) is 33.0 Å². The Morgan fingerprint density at radius 2 is 1.73 bits per heavy atom. The van der Waals surface area contributed by atoms with Crippen molar-refractivity contribution in [3.63, 3.8) is 0 Å². The smallest absolute Gasteiger partial charge is 0.0766 e.